The Morgan fingerprint density at radius 2 is 2.11 bits per heavy atom. The summed E-state index contributed by atoms with van der Waals surface area (Å²) in [5.74, 6) is 0.272. The van der Waals surface area contributed by atoms with Crippen molar-refractivity contribution in [2.24, 2.45) is 13.0 Å². The van der Waals surface area contributed by atoms with E-state index in [9.17, 15) is 9.59 Å². The molecular weight excluding hydrogens is 342 g/mol. The summed E-state index contributed by atoms with van der Waals surface area (Å²) in [6.45, 7) is 2.93. The summed E-state index contributed by atoms with van der Waals surface area (Å²) in [4.78, 5) is 26.4. The second-order valence-corrected chi connectivity index (χ2v) is 7.42. The van der Waals surface area contributed by atoms with Crippen LogP contribution < -0.4 is 10.6 Å². The molecule has 0 aliphatic carbocycles. The minimum Gasteiger partial charge on any atom is -0.338 e. The second kappa shape index (κ2) is 7.52. The second-order valence-electron chi connectivity index (χ2n) is 7.42. The average molecular weight is 367 g/mol. The van der Waals surface area contributed by atoms with E-state index in [1.807, 2.05) is 48.6 Å². The topological polar surface area (TPSA) is 79.3 Å². The quantitative estimate of drug-likeness (QED) is 0.839. The lowest BCUT2D eigenvalue weighted by Gasteiger charge is -2.18. The number of aryl methyl sites for hydroxylation is 1. The molecule has 0 saturated carbocycles. The number of anilines is 1. The predicted octanol–water partition coefficient (Wildman–Crippen LogP) is 1.48. The van der Waals surface area contributed by atoms with Crippen molar-refractivity contribution in [1.29, 1.82) is 0 Å². The van der Waals surface area contributed by atoms with Crippen LogP contribution in [0.1, 0.15) is 29.9 Å². The summed E-state index contributed by atoms with van der Waals surface area (Å²) in [6.07, 6.45) is 5.42. The van der Waals surface area contributed by atoms with E-state index in [0.717, 1.165) is 36.3 Å². The average Bonchev–Trinajstić information content (AvgIpc) is 3.38. The molecule has 0 spiro atoms. The van der Waals surface area contributed by atoms with Crippen molar-refractivity contribution in [3.63, 3.8) is 0 Å². The van der Waals surface area contributed by atoms with E-state index in [0.29, 0.717) is 19.5 Å². The van der Waals surface area contributed by atoms with Gasteiger partial charge in [0.1, 0.15) is 0 Å². The standard InChI is InChI=1S/C20H25N5O2/c1-24-13-15(9-22-24)17-10-21-11-18(17)20(27)23-16-6-4-14(5-7-16)12-25-8-2-3-19(25)26/h4-7,9,13,17-18,21H,2-3,8,10-12H2,1H3,(H,23,27)/t17-,18+/m1/s1. The van der Waals surface area contributed by atoms with Crippen LogP contribution in [-0.4, -0.2) is 46.1 Å². The number of benzene rings is 1. The maximum absolute atomic E-state index is 12.8. The first-order valence-corrected chi connectivity index (χ1v) is 9.47. The SMILES string of the molecule is Cn1cc([C@H]2CNC[C@@H]2C(=O)Nc2ccc(CN3CCCC3=O)cc2)cn1. The van der Waals surface area contributed by atoms with Crippen LogP contribution in [0.3, 0.4) is 0 Å². The summed E-state index contributed by atoms with van der Waals surface area (Å²) in [5, 5.41) is 10.6. The molecule has 2 aliphatic rings. The normalized spacial score (nSPS) is 22.4. The van der Waals surface area contributed by atoms with Gasteiger partial charge in [0.25, 0.3) is 0 Å². The van der Waals surface area contributed by atoms with Crippen LogP contribution in [0, 0.1) is 5.92 Å². The van der Waals surface area contributed by atoms with Crippen molar-refractivity contribution in [1.82, 2.24) is 20.0 Å². The monoisotopic (exact) mass is 367 g/mol. The van der Waals surface area contributed by atoms with Crippen LogP contribution in [0.5, 0.6) is 0 Å². The largest absolute Gasteiger partial charge is 0.338 e. The molecule has 2 aromatic rings. The van der Waals surface area contributed by atoms with Crippen molar-refractivity contribution < 1.29 is 9.59 Å². The van der Waals surface area contributed by atoms with Gasteiger partial charge in [0.05, 0.1) is 12.1 Å². The van der Waals surface area contributed by atoms with Crippen molar-refractivity contribution in [2.75, 3.05) is 25.0 Å². The third kappa shape index (κ3) is 3.88. The minimum atomic E-state index is -0.115. The van der Waals surface area contributed by atoms with Crippen molar-refractivity contribution in [2.45, 2.75) is 25.3 Å². The Balaban J connectivity index is 1.38. The molecule has 0 bridgehead atoms. The van der Waals surface area contributed by atoms with E-state index in [2.05, 4.69) is 15.7 Å². The van der Waals surface area contributed by atoms with E-state index in [-0.39, 0.29) is 23.7 Å². The molecule has 2 aliphatic heterocycles. The Labute approximate surface area is 158 Å². The third-order valence-corrected chi connectivity index (χ3v) is 5.47. The highest BCUT2D eigenvalue weighted by atomic mass is 16.2. The zero-order valence-electron chi connectivity index (χ0n) is 15.5. The van der Waals surface area contributed by atoms with Gasteiger partial charge in [-0.05, 0) is 29.7 Å². The number of carbonyl (C=O) groups is 2. The molecule has 142 valence electrons. The first-order chi connectivity index (χ1) is 13.1. The lowest BCUT2D eigenvalue weighted by Crippen LogP contribution is -2.28. The first kappa shape index (κ1) is 17.7. The van der Waals surface area contributed by atoms with Gasteiger partial charge in [-0.1, -0.05) is 12.1 Å². The molecule has 2 fully saturated rings. The predicted molar refractivity (Wildman–Crippen MR) is 102 cm³/mol. The molecule has 1 aromatic carbocycles. The lowest BCUT2D eigenvalue weighted by atomic mass is 9.90. The van der Waals surface area contributed by atoms with Crippen LogP contribution in [0.25, 0.3) is 0 Å². The zero-order chi connectivity index (χ0) is 18.8. The summed E-state index contributed by atoms with van der Waals surface area (Å²) in [7, 11) is 1.89. The van der Waals surface area contributed by atoms with Gasteiger partial charge >= 0.3 is 0 Å². The number of amides is 2. The van der Waals surface area contributed by atoms with E-state index in [1.165, 1.54) is 0 Å². The van der Waals surface area contributed by atoms with Crippen molar-refractivity contribution in [3.05, 3.63) is 47.8 Å². The fourth-order valence-electron chi connectivity index (χ4n) is 3.96. The van der Waals surface area contributed by atoms with E-state index in [1.54, 1.807) is 4.68 Å². The van der Waals surface area contributed by atoms with Crippen LogP contribution in [0.2, 0.25) is 0 Å². The fraction of sp³-hybridized carbons (Fsp3) is 0.450. The number of aromatic nitrogens is 2. The van der Waals surface area contributed by atoms with Crippen LogP contribution in [0.4, 0.5) is 5.69 Å². The third-order valence-electron chi connectivity index (χ3n) is 5.47. The Morgan fingerprint density at radius 1 is 1.30 bits per heavy atom. The molecule has 4 rings (SSSR count). The number of rotatable bonds is 5. The smallest absolute Gasteiger partial charge is 0.229 e. The van der Waals surface area contributed by atoms with Crippen LogP contribution in [0.15, 0.2) is 36.7 Å². The van der Waals surface area contributed by atoms with Gasteiger partial charge in [-0.3, -0.25) is 14.3 Å². The van der Waals surface area contributed by atoms with Gasteiger partial charge in [-0.15, -0.1) is 0 Å². The molecule has 2 N–H and O–H groups in total. The van der Waals surface area contributed by atoms with E-state index >= 15 is 0 Å². The number of hydrogen-bond acceptors (Lipinski definition) is 4. The molecule has 2 amide bonds. The Bertz CT molecular complexity index is 829. The Kier molecular flexibility index (Phi) is 4.94. The van der Waals surface area contributed by atoms with Crippen molar-refractivity contribution in [3.8, 4) is 0 Å². The number of likely N-dealkylation sites (tertiary alicyclic amines) is 1. The molecule has 0 unspecified atom stereocenters. The van der Waals surface area contributed by atoms with Gasteiger partial charge in [-0.25, -0.2) is 0 Å². The lowest BCUT2D eigenvalue weighted by molar-refractivity contribution is -0.128. The molecular formula is C20H25N5O2. The van der Waals surface area contributed by atoms with Gasteiger partial charge in [0, 0.05) is 57.4 Å². The molecule has 27 heavy (non-hydrogen) atoms. The van der Waals surface area contributed by atoms with Crippen LogP contribution in [-0.2, 0) is 23.2 Å². The summed E-state index contributed by atoms with van der Waals surface area (Å²) >= 11 is 0. The molecule has 7 nitrogen and oxygen atoms in total. The molecule has 1 aromatic heterocycles. The summed E-state index contributed by atoms with van der Waals surface area (Å²) < 4.78 is 1.77. The summed E-state index contributed by atoms with van der Waals surface area (Å²) in [6, 6.07) is 7.78. The molecule has 2 atom stereocenters. The van der Waals surface area contributed by atoms with Gasteiger partial charge in [0.15, 0.2) is 0 Å². The van der Waals surface area contributed by atoms with E-state index in [4.69, 9.17) is 0 Å². The minimum absolute atomic E-state index is 0.0244. The zero-order valence-corrected chi connectivity index (χ0v) is 15.5. The van der Waals surface area contributed by atoms with Gasteiger partial charge in [-0.2, -0.15) is 5.10 Å². The maximum atomic E-state index is 12.8. The molecule has 7 heteroatoms. The van der Waals surface area contributed by atoms with Crippen molar-refractivity contribution >= 4 is 17.5 Å². The maximum Gasteiger partial charge on any atom is 0.229 e. The Morgan fingerprint density at radius 3 is 2.78 bits per heavy atom. The Hall–Kier alpha value is -2.67. The number of nitrogens with one attached hydrogen (secondary N) is 2. The highest BCUT2D eigenvalue weighted by molar-refractivity contribution is 5.93. The summed E-state index contributed by atoms with van der Waals surface area (Å²) in [5.41, 5.74) is 2.96. The van der Waals surface area contributed by atoms with Gasteiger partial charge in [0.2, 0.25) is 11.8 Å². The number of nitrogens with zero attached hydrogens (tertiary/aromatic N) is 3. The highest BCUT2D eigenvalue weighted by Crippen LogP contribution is 2.29. The first-order valence-electron chi connectivity index (χ1n) is 9.47. The van der Waals surface area contributed by atoms with Gasteiger partial charge < -0.3 is 15.5 Å². The number of carbonyl (C=O) groups excluding carboxylic acids is 2. The number of hydrogen-bond donors (Lipinski definition) is 2. The molecule has 2 saturated heterocycles. The van der Waals surface area contributed by atoms with E-state index < -0.39 is 0 Å². The highest BCUT2D eigenvalue weighted by Gasteiger charge is 2.34. The molecule has 0 radical (unpaired) electrons. The molecule has 3 heterocycles. The fourth-order valence-corrected chi connectivity index (χ4v) is 3.96. The van der Waals surface area contributed by atoms with Crippen LogP contribution >= 0.6 is 0 Å².